The second-order valence-corrected chi connectivity index (χ2v) is 6.20. The van der Waals surface area contributed by atoms with Crippen molar-refractivity contribution in [2.24, 2.45) is 11.3 Å². The van der Waals surface area contributed by atoms with Gasteiger partial charge in [0.15, 0.2) is 0 Å². The Morgan fingerprint density at radius 1 is 1.15 bits per heavy atom. The number of hydrogen-bond acceptors (Lipinski definition) is 2. The van der Waals surface area contributed by atoms with Gasteiger partial charge in [0.2, 0.25) is 5.91 Å². The molecular weight excluding hydrogens is 254 g/mol. The Balaban J connectivity index is 1.92. The summed E-state index contributed by atoms with van der Waals surface area (Å²) in [6.07, 6.45) is 12.3. The summed E-state index contributed by atoms with van der Waals surface area (Å²) in [5.41, 5.74) is -0.739. The van der Waals surface area contributed by atoms with Gasteiger partial charge in [-0.15, -0.1) is 0 Å². The average molecular weight is 279 g/mol. The number of nitrogens with one attached hydrogen (secondary N) is 1. The molecule has 1 amide bonds. The largest absolute Gasteiger partial charge is 0.481 e. The van der Waals surface area contributed by atoms with E-state index in [2.05, 4.69) is 11.4 Å². The summed E-state index contributed by atoms with van der Waals surface area (Å²) < 4.78 is 0. The van der Waals surface area contributed by atoms with Gasteiger partial charge in [-0.3, -0.25) is 9.59 Å². The third-order valence-corrected chi connectivity index (χ3v) is 4.76. The molecule has 20 heavy (non-hydrogen) atoms. The van der Waals surface area contributed by atoms with Crippen molar-refractivity contribution < 1.29 is 14.7 Å². The van der Waals surface area contributed by atoms with Crippen molar-refractivity contribution >= 4 is 11.9 Å². The molecule has 112 valence electrons. The van der Waals surface area contributed by atoms with Gasteiger partial charge in [0, 0.05) is 12.5 Å². The van der Waals surface area contributed by atoms with Crippen molar-refractivity contribution in [3.63, 3.8) is 0 Å². The topological polar surface area (TPSA) is 66.4 Å². The van der Waals surface area contributed by atoms with E-state index in [-0.39, 0.29) is 11.8 Å². The molecule has 0 spiro atoms. The van der Waals surface area contributed by atoms with Crippen LogP contribution in [0.1, 0.15) is 57.8 Å². The summed E-state index contributed by atoms with van der Waals surface area (Å²) in [5, 5.41) is 12.5. The van der Waals surface area contributed by atoms with Crippen molar-refractivity contribution in [2.45, 2.75) is 57.8 Å². The SMILES string of the molecule is O=C(NCC1(C(=O)O)CCCCCC1)C1CC=CCC1. The van der Waals surface area contributed by atoms with Gasteiger partial charge < -0.3 is 10.4 Å². The highest BCUT2D eigenvalue weighted by atomic mass is 16.4. The smallest absolute Gasteiger partial charge is 0.311 e. The van der Waals surface area contributed by atoms with E-state index in [1.54, 1.807) is 0 Å². The minimum absolute atomic E-state index is 0.0247. The highest BCUT2D eigenvalue weighted by Crippen LogP contribution is 2.35. The van der Waals surface area contributed by atoms with Crippen LogP contribution in [0.2, 0.25) is 0 Å². The lowest BCUT2D eigenvalue weighted by Gasteiger charge is -2.29. The molecule has 2 aliphatic rings. The lowest BCUT2D eigenvalue weighted by molar-refractivity contribution is -0.150. The molecule has 1 atom stereocenters. The minimum Gasteiger partial charge on any atom is -0.481 e. The van der Waals surface area contributed by atoms with Crippen LogP contribution >= 0.6 is 0 Å². The van der Waals surface area contributed by atoms with Crippen LogP contribution in [0.25, 0.3) is 0 Å². The van der Waals surface area contributed by atoms with E-state index >= 15 is 0 Å². The van der Waals surface area contributed by atoms with E-state index in [0.29, 0.717) is 19.4 Å². The van der Waals surface area contributed by atoms with Crippen LogP contribution in [-0.4, -0.2) is 23.5 Å². The van der Waals surface area contributed by atoms with E-state index in [4.69, 9.17) is 0 Å². The summed E-state index contributed by atoms with van der Waals surface area (Å²) in [7, 11) is 0. The molecule has 1 saturated carbocycles. The average Bonchev–Trinajstić information content (AvgIpc) is 2.72. The minimum atomic E-state index is -0.747. The van der Waals surface area contributed by atoms with Crippen molar-refractivity contribution in [3.8, 4) is 0 Å². The Kier molecular flexibility index (Phi) is 5.21. The lowest BCUT2D eigenvalue weighted by Crippen LogP contribution is -2.44. The Morgan fingerprint density at radius 2 is 1.85 bits per heavy atom. The number of rotatable bonds is 4. The number of amides is 1. The standard InChI is InChI=1S/C16H25NO3/c18-14(13-8-4-3-5-9-13)17-12-16(15(19)20)10-6-1-2-7-11-16/h3-4,13H,1-2,5-12H2,(H,17,18)(H,19,20). The molecule has 0 heterocycles. The molecule has 1 fully saturated rings. The van der Waals surface area contributed by atoms with Crippen LogP contribution in [0.5, 0.6) is 0 Å². The number of carbonyl (C=O) groups is 2. The number of allylic oxidation sites excluding steroid dienone is 2. The van der Waals surface area contributed by atoms with Crippen molar-refractivity contribution in [3.05, 3.63) is 12.2 Å². The first-order chi connectivity index (χ1) is 9.64. The maximum atomic E-state index is 12.2. The molecule has 0 saturated heterocycles. The van der Waals surface area contributed by atoms with Crippen molar-refractivity contribution in [2.75, 3.05) is 6.54 Å². The van der Waals surface area contributed by atoms with Crippen molar-refractivity contribution in [1.82, 2.24) is 5.32 Å². The molecular formula is C16H25NO3. The zero-order valence-corrected chi connectivity index (χ0v) is 12.1. The summed E-state index contributed by atoms with van der Waals surface area (Å²) >= 11 is 0. The number of carboxylic acids is 1. The molecule has 0 aromatic carbocycles. The predicted octanol–water partition coefficient (Wildman–Crippen LogP) is 2.88. The quantitative estimate of drug-likeness (QED) is 0.614. The molecule has 2 aliphatic carbocycles. The third-order valence-electron chi connectivity index (χ3n) is 4.76. The van der Waals surface area contributed by atoms with Crippen molar-refractivity contribution in [1.29, 1.82) is 0 Å². The second-order valence-electron chi connectivity index (χ2n) is 6.20. The molecule has 4 heteroatoms. The summed E-state index contributed by atoms with van der Waals surface area (Å²) in [6, 6.07) is 0. The van der Waals surface area contributed by atoms with Gasteiger partial charge in [-0.05, 0) is 32.1 Å². The van der Waals surface area contributed by atoms with Gasteiger partial charge in [-0.1, -0.05) is 37.8 Å². The monoisotopic (exact) mass is 279 g/mol. The summed E-state index contributed by atoms with van der Waals surface area (Å²) in [5.74, 6) is -0.695. The highest BCUT2D eigenvalue weighted by molar-refractivity contribution is 5.81. The van der Waals surface area contributed by atoms with Gasteiger partial charge in [0.25, 0.3) is 0 Å². The molecule has 0 aliphatic heterocycles. The Labute approximate surface area is 120 Å². The van der Waals surface area contributed by atoms with Crippen LogP contribution in [0.3, 0.4) is 0 Å². The van der Waals surface area contributed by atoms with Crippen LogP contribution < -0.4 is 5.32 Å². The molecule has 0 aromatic rings. The van der Waals surface area contributed by atoms with Gasteiger partial charge in [-0.2, -0.15) is 0 Å². The highest BCUT2D eigenvalue weighted by Gasteiger charge is 2.39. The first-order valence-electron chi connectivity index (χ1n) is 7.80. The van der Waals surface area contributed by atoms with Gasteiger partial charge in [0.1, 0.15) is 0 Å². The zero-order valence-electron chi connectivity index (χ0n) is 12.1. The fraction of sp³-hybridized carbons (Fsp3) is 0.750. The maximum absolute atomic E-state index is 12.2. The van der Waals surface area contributed by atoms with E-state index in [9.17, 15) is 14.7 Å². The predicted molar refractivity (Wildman–Crippen MR) is 77.3 cm³/mol. The van der Waals surface area contributed by atoms with Gasteiger partial charge >= 0.3 is 5.97 Å². The zero-order chi connectivity index (χ0) is 14.4. The number of hydrogen-bond donors (Lipinski definition) is 2. The first kappa shape index (κ1) is 15.1. The first-order valence-corrected chi connectivity index (χ1v) is 7.80. The number of carbonyl (C=O) groups excluding carboxylic acids is 1. The molecule has 1 unspecified atom stereocenters. The van der Waals surface area contributed by atoms with Gasteiger partial charge in [-0.25, -0.2) is 0 Å². The van der Waals surface area contributed by atoms with Crippen LogP contribution in [0.4, 0.5) is 0 Å². The number of carboxylic acid groups (broad SMARTS) is 1. The normalized spacial score (nSPS) is 25.7. The van der Waals surface area contributed by atoms with Gasteiger partial charge in [0.05, 0.1) is 5.41 Å². The number of aliphatic carboxylic acids is 1. The third kappa shape index (κ3) is 3.62. The molecule has 2 rings (SSSR count). The Bertz CT molecular complexity index is 381. The van der Waals surface area contributed by atoms with E-state index in [0.717, 1.165) is 44.9 Å². The lowest BCUT2D eigenvalue weighted by atomic mass is 9.80. The fourth-order valence-corrected chi connectivity index (χ4v) is 3.30. The molecule has 0 aromatic heterocycles. The van der Waals surface area contributed by atoms with E-state index < -0.39 is 11.4 Å². The molecule has 0 bridgehead atoms. The molecule has 0 radical (unpaired) electrons. The maximum Gasteiger partial charge on any atom is 0.311 e. The second kappa shape index (κ2) is 6.91. The Morgan fingerprint density at radius 3 is 2.40 bits per heavy atom. The van der Waals surface area contributed by atoms with E-state index in [1.807, 2.05) is 6.08 Å². The molecule has 2 N–H and O–H groups in total. The summed E-state index contributed by atoms with van der Waals surface area (Å²) in [6.45, 7) is 0.293. The fourth-order valence-electron chi connectivity index (χ4n) is 3.30. The van der Waals surface area contributed by atoms with Crippen LogP contribution in [-0.2, 0) is 9.59 Å². The van der Waals surface area contributed by atoms with Crippen LogP contribution in [0.15, 0.2) is 12.2 Å². The Hall–Kier alpha value is -1.32. The van der Waals surface area contributed by atoms with E-state index in [1.165, 1.54) is 0 Å². The summed E-state index contributed by atoms with van der Waals surface area (Å²) in [4.78, 5) is 23.8. The van der Waals surface area contributed by atoms with Crippen LogP contribution in [0, 0.1) is 11.3 Å². The molecule has 4 nitrogen and oxygen atoms in total.